The summed E-state index contributed by atoms with van der Waals surface area (Å²) in [5.41, 5.74) is -1.51. The summed E-state index contributed by atoms with van der Waals surface area (Å²) in [7, 11) is 2.13. The first-order valence-electron chi connectivity index (χ1n) is 10.00. The van der Waals surface area contributed by atoms with E-state index in [1.165, 1.54) is 18.2 Å². The lowest BCUT2D eigenvalue weighted by atomic mass is 9.54. The Bertz CT molecular complexity index is 1190. The van der Waals surface area contributed by atoms with Crippen LogP contribution in [0.3, 0.4) is 0 Å². The van der Waals surface area contributed by atoms with Crippen LogP contribution in [0.5, 0.6) is 0 Å². The molecule has 0 unspecified atom stereocenters. The Labute approximate surface area is 190 Å². The largest absolute Gasteiger partial charge is 0.511 e. The third kappa shape index (κ3) is 3.70. The molecule has 1 N–H and O–H groups in total. The number of methoxy groups -OCH3 is 2. The van der Waals surface area contributed by atoms with E-state index in [1.54, 1.807) is 24.3 Å². The highest BCUT2D eigenvalue weighted by molar-refractivity contribution is 5.94. The zero-order valence-corrected chi connectivity index (χ0v) is 18.2. The van der Waals surface area contributed by atoms with Crippen LogP contribution in [-0.4, -0.2) is 31.3 Å². The SMILES string of the molecule is COC(=O)C1=C(O)[C@H](C(=O)OC)[C@@H](c2ccccc2F)C(C#N)(C#N)[C@H]1c1ccc(C)cc1. The molecule has 1 aliphatic rings. The van der Waals surface area contributed by atoms with E-state index >= 15 is 4.39 Å². The zero-order valence-electron chi connectivity index (χ0n) is 18.2. The fourth-order valence-electron chi connectivity index (χ4n) is 4.48. The molecule has 0 spiro atoms. The standard InChI is InChI=1S/C25H21FN2O5/c1-14-8-10-15(11-9-14)20-18(23(30)32-2)22(29)19(24(31)33-3)21(25(20,12-27)13-28)16-6-4-5-7-17(16)26/h4-11,19-21,29H,1-3H3/t19-,20+,21-/m1/s1. The Morgan fingerprint density at radius 3 is 2.15 bits per heavy atom. The fourth-order valence-corrected chi connectivity index (χ4v) is 4.48. The summed E-state index contributed by atoms with van der Waals surface area (Å²) in [4.78, 5) is 25.7. The average Bonchev–Trinajstić information content (AvgIpc) is 2.83. The zero-order chi connectivity index (χ0) is 24.3. The number of aliphatic hydroxyl groups is 1. The number of ether oxygens (including phenoxy) is 2. The number of aryl methyl sites for hydroxylation is 1. The van der Waals surface area contributed by atoms with Crippen molar-refractivity contribution in [3.8, 4) is 12.1 Å². The molecule has 3 atom stereocenters. The minimum Gasteiger partial charge on any atom is -0.511 e. The molecule has 0 aliphatic heterocycles. The molecule has 0 aromatic heterocycles. The van der Waals surface area contributed by atoms with Gasteiger partial charge in [0.15, 0.2) is 5.41 Å². The molecule has 8 heteroatoms. The molecule has 2 aromatic carbocycles. The number of benzene rings is 2. The van der Waals surface area contributed by atoms with Crippen LogP contribution >= 0.6 is 0 Å². The summed E-state index contributed by atoms with van der Waals surface area (Å²) < 4.78 is 24.7. The highest BCUT2D eigenvalue weighted by Crippen LogP contribution is 2.59. The minimum atomic E-state index is -2.17. The Kier molecular flexibility index (Phi) is 6.50. The van der Waals surface area contributed by atoms with Gasteiger partial charge in [0.25, 0.3) is 0 Å². The summed E-state index contributed by atoms with van der Waals surface area (Å²) in [6.07, 6.45) is 0. The molecule has 168 valence electrons. The van der Waals surface area contributed by atoms with Crippen LogP contribution in [0.2, 0.25) is 0 Å². The number of nitriles is 2. The summed E-state index contributed by atoms with van der Waals surface area (Å²) in [6, 6.07) is 15.9. The molecule has 0 bridgehead atoms. The minimum absolute atomic E-state index is 0.136. The molecule has 3 rings (SSSR count). The fraction of sp³-hybridized carbons (Fsp3) is 0.280. The maximum absolute atomic E-state index is 15.0. The van der Waals surface area contributed by atoms with E-state index < -0.39 is 52.3 Å². The molecule has 2 aromatic rings. The normalized spacial score (nSPS) is 21.5. The third-order valence-corrected chi connectivity index (χ3v) is 6.02. The second-order valence-corrected chi connectivity index (χ2v) is 7.73. The van der Waals surface area contributed by atoms with Crippen LogP contribution in [0, 0.1) is 46.7 Å². The number of halogens is 1. The van der Waals surface area contributed by atoms with Crippen LogP contribution in [-0.2, 0) is 19.1 Å². The quantitative estimate of drug-likeness (QED) is 0.706. The van der Waals surface area contributed by atoms with Crippen molar-refractivity contribution in [2.75, 3.05) is 14.2 Å². The Morgan fingerprint density at radius 2 is 1.64 bits per heavy atom. The molecule has 33 heavy (non-hydrogen) atoms. The van der Waals surface area contributed by atoms with Crippen LogP contribution in [0.1, 0.15) is 28.5 Å². The predicted octanol–water partition coefficient (Wildman–Crippen LogP) is 3.82. The number of hydrogen-bond donors (Lipinski definition) is 1. The number of hydrogen-bond acceptors (Lipinski definition) is 7. The van der Waals surface area contributed by atoms with Crippen molar-refractivity contribution in [3.05, 3.63) is 82.4 Å². The molecule has 0 heterocycles. The molecule has 0 amide bonds. The van der Waals surface area contributed by atoms with Gasteiger partial charge < -0.3 is 14.6 Å². The lowest BCUT2D eigenvalue weighted by molar-refractivity contribution is -0.147. The number of carbonyl (C=O) groups is 2. The first-order valence-corrected chi connectivity index (χ1v) is 10.00. The third-order valence-electron chi connectivity index (χ3n) is 6.02. The van der Waals surface area contributed by atoms with Crippen molar-refractivity contribution < 1.29 is 28.6 Å². The number of rotatable bonds is 4. The van der Waals surface area contributed by atoms with Crippen LogP contribution in [0.4, 0.5) is 4.39 Å². The first-order chi connectivity index (χ1) is 15.8. The van der Waals surface area contributed by atoms with E-state index in [0.29, 0.717) is 5.56 Å². The molecule has 0 saturated heterocycles. The van der Waals surface area contributed by atoms with E-state index in [2.05, 4.69) is 0 Å². The van der Waals surface area contributed by atoms with Gasteiger partial charge in [-0.05, 0) is 24.1 Å². The maximum atomic E-state index is 15.0. The van der Waals surface area contributed by atoms with Crippen molar-refractivity contribution >= 4 is 11.9 Å². The average molecular weight is 448 g/mol. The number of aliphatic hydroxyl groups excluding tert-OH is 1. The molecular weight excluding hydrogens is 427 g/mol. The number of nitrogens with zero attached hydrogens (tertiary/aromatic N) is 2. The topological polar surface area (TPSA) is 120 Å². The molecule has 0 radical (unpaired) electrons. The van der Waals surface area contributed by atoms with Crippen molar-refractivity contribution in [2.45, 2.75) is 18.8 Å². The second kappa shape index (κ2) is 9.13. The first kappa shape index (κ1) is 23.5. The summed E-state index contributed by atoms with van der Waals surface area (Å²) in [5, 5.41) is 32.0. The molecule has 1 aliphatic carbocycles. The van der Waals surface area contributed by atoms with Crippen LogP contribution in [0.15, 0.2) is 59.9 Å². The Hall–Kier alpha value is -4.17. The summed E-state index contributed by atoms with van der Waals surface area (Å²) in [5.74, 6) is -8.07. The van der Waals surface area contributed by atoms with Gasteiger partial charge in [0.1, 0.15) is 17.5 Å². The lowest BCUT2D eigenvalue weighted by Gasteiger charge is -2.44. The highest BCUT2D eigenvalue weighted by Gasteiger charge is 2.62. The molecule has 0 fully saturated rings. The van der Waals surface area contributed by atoms with Crippen molar-refractivity contribution in [1.82, 2.24) is 0 Å². The van der Waals surface area contributed by atoms with E-state index in [-0.39, 0.29) is 5.56 Å². The molecular formula is C25H21FN2O5. The second-order valence-electron chi connectivity index (χ2n) is 7.73. The van der Waals surface area contributed by atoms with Crippen molar-refractivity contribution in [3.63, 3.8) is 0 Å². The molecule has 0 saturated carbocycles. The predicted molar refractivity (Wildman–Crippen MR) is 114 cm³/mol. The maximum Gasteiger partial charge on any atom is 0.337 e. The van der Waals surface area contributed by atoms with Gasteiger partial charge >= 0.3 is 11.9 Å². The van der Waals surface area contributed by atoms with E-state index in [1.807, 2.05) is 19.1 Å². The van der Waals surface area contributed by atoms with Gasteiger partial charge in [0, 0.05) is 5.92 Å². The van der Waals surface area contributed by atoms with Gasteiger partial charge in [0.05, 0.1) is 37.8 Å². The number of carbonyl (C=O) groups excluding carboxylic acids is 2. The monoisotopic (exact) mass is 448 g/mol. The van der Waals surface area contributed by atoms with Gasteiger partial charge in [0.2, 0.25) is 0 Å². The van der Waals surface area contributed by atoms with Crippen LogP contribution in [0.25, 0.3) is 0 Å². The van der Waals surface area contributed by atoms with Crippen molar-refractivity contribution in [1.29, 1.82) is 10.5 Å². The van der Waals surface area contributed by atoms with E-state index in [9.17, 15) is 25.2 Å². The summed E-state index contributed by atoms with van der Waals surface area (Å²) >= 11 is 0. The van der Waals surface area contributed by atoms with E-state index in [4.69, 9.17) is 9.47 Å². The van der Waals surface area contributed by atoms with Crippen molar-refractivity contribution in [2.24, 2.45) is 11.3 Å². The van der Waals surface area contributed by atoms with Gasteiger partial charge in [-0.2, -0.15) is 10.5 Å². The Balaban J connectivity index is 2.51. The smallest absolute Gasteiger partial charge is 0.337 e. The number of esters is 2. The summed E-state index contributed by atoms with van der Waals surface area (Å²) in [6.45, 7) is 1.83. The lowest BCUT2D eigenvalue weighted by Crippen LogP contribution is -2.47. The Morgan fingerprint density at radius 1 is 1.03 bits per heavy atom. The molecule has 7 nitrogen and oxygen atoms in total. The van der Waals surface area contributed by atoms with Gasteiger partial charge in [-0.15, -0.1) is 0 Å². The highest BCUT2D eigenvalue weighted by atomic mass is 19.1. The van der Waals surface area contributed by atoms with Gasteiger partial charge in [-0.1, -0.05) is 48.0 Å². The van der Waals surface area contributed by atoms with Crippen LogP contribution < -0.4 is 0 Å². The van der Waals surface area contributed by atoms with Gasteiger partial charge in [-0.3, -0.25) is 4.79 Å². The van der Waals surface area contributed by atoms with Gasteiger partial charge in [-0.25, -0.2) is 9.18 Å². The van der Waals surface area contributed by atoms with E-state index in [0.717, 1.165) is 25.8 Å².